The third-order valence-electron chi connectivity index (χ3n) is 4.80. The maximum absolute atomic E-state index is 12.2. The van der Waals surface area contributed by atoms with Crippen molar-refractivity contribution < 1.29 is 9.53 Å². The second kappa shape index (κ2) is 9.78. The number of carbonyl (C=O) groups is 1. The van der Waals surface area contributed by atoms with Crippen molar-refractivity contribution >= 4 is 17.7 Å². The molecule has 0 unspecified atom stereocenters. The van der Waals surface area contributed by atoms with Crippen molar-refractivity contribution in [2.45, 2.75) is 70.3 Å². The molecule has 6 nitrogen and oxygen atoms in total. The Morgan fingerprint density at radius 2 is 1.96 bits per heavy atom. The summed E-state index contributed by atoms with van der Waals surface area (Å²) in [6.45, 7) is 5.20. The number of aryl methyl sites for hydroxylation is 1. The van der Waals surface area contributed by atoms with Crippen LogP contribution in [-0.4, -0.2) is 32.5 Å². The molecule has 1 saturated carbocycles. The molecule has 146 valence electrons. The smallest absolute Gasteiger partial charge is 0.230 e. The second-order valence-electron chi connectivity index (χ2n) is 6.94. The van der Waals surface area contributed by atoms with Gasteiger partial charge in [-0.05, 0) is 38.8 Å². The van der Waals surface area contributed by atoms with E-state index in [1.165, 1.54) is 36.6 Å². The Hall–Kier alpha value is -2.02. The summed E-state index contributed by atoms with van der Waals surface area (Å²) in [6, 6.07) is 8.29. The van der Waals surface area contributed by atoms with Crippen molar-refractivity contribution in [2.75, 3.05) is 5.75 Å². The molecule has 0 spiro atoms. The predicted octanol–water partition coefficient (Wildman–Crippen LogP) is 3.73. The number of ether oxygens (including phenoxy) is 1. The number of benzene rings is 1. The van der Waals surface area contributed by atoms with Crippen LogP contribution in [0.2, 0.25) is 0 Å². The Kier molecular flexibility index (Phi) is 7.15. The van der Waals surface area contributed by atoms with Crippen LogP contribution in [0.4, 0.5) is 0 Å². The summed E-state index contributed by atoms with van der Waals surface area (Å²) < 4.78 is 7.82. The van der Waals surface area contributed by atoms with Gasteiger partial charge in [-0.15, -0.1) is 10.2 Å². The molecule has 1 aliphatic rings. The van der Waals surface area contributed by atoms with Gasteiger partial charge in [0.1, 0.15) is 12.4 Å². The molecule has 1 aromatic carbocycles. The van der Waals surface area contributed by atoms with Gasteiger partial charge in [0.15, 0.2) is 11.0 Å². The molecule has 1 aromatic heterocycles. The number of thioether (sulfide) groups is 1. The van der Waals surface area contributed by atoms with Crippen molar-refractivity contribution in [3.63, 3.8) is 0 Å². The normalized spacial score (nSPS) is 14.9. The number of hydrogen-bond acceptors (Lipinski definition) is 5. The van der Waals surface area contributed by atoms with Crippen LogP contribution < -0.4 is 10.1 Å². The number of aromatic nitrogens is 3. The van der Waals surface area contributed by atoms with E-state index in [1.54, 1.807) is 0 Å². The first-order valence-electron chi connectivity index (χ1n) is 9.69. The molecule has 0 aliphatic heterocycles. The van der Waals surface area contributed by atoms with Crippen molar-refractivity contribution in [1.82, 2.24) is 20.1 Å². The summed E-state index contributed by atoms with van der Waals surface area (Å²) in [7, 11) is 0. The Balaban J connectivity index is 1.51. The number of rotatable bonds is 8. The standard InChI is InChI=1S/C20H28N4O2S/c1-3-24-18(13-26-17-11-9-15(2)10-12-17)22-23-20(24)27-14-19(25)21-16-7-5-4-6-8-16/h9-12,16H,3-8,13-14H2,1-2H3,(H,21,25). The third kappa shape index (κ3) is 5.73. The van der Waals surface area contributed by atoms with Gasteiger partial charge in [-0.1, -0.05) is 48.7 Å². The first kappa shape index (κ1) is 19.7. The van der Waals surface area contributed by atoms with Crippen LogP contribution in [0.25, 0.3) is 0 Å². The molecule has 1 heterocycles. The summed E-state index contributed by atoms with van der Waals surface area (Å²) in [5, 5.41) is 12.4. The average molecular weight is 389 g/mol. The minimum Gasteiger partial charge on any atom is -0.486 e. The third-order valence-corrected chi connectivity index (χ3v) is 5.77. The van der Waals surface area contributed by atoms with Crippen LogP contribution in [0.3, 0.4) is 0 Å². The van der Waals surface area contributed by atoms with Crippen LogP contribution >= 0.6 is 11.8 Å². The molecule has 27 heavy (non-hydrogen) atoms. The molecule has 0 atom stereocenters. The number of nitrogens with one attached hydrogen (secondary N) is 1. The van der Waals surface area contributed by atoms with Gasteiger partial charge in [0, 0.05) is 12.6 Å². The van der Waals surface area contributed by atoms with Gasteiger partial charge in [0.25, 0.3) is 0 Å². The van der Waals surface area contributed by atoms with Crippen LogP contribution in [0.1, 0.15) is 50.4 Å². The molecule has 3 rings (SSSR count). The van der Waals surface area contributed by atoms with E-state index >= 15 is 0 Å². The predicted molar refractivity (Wildman–Crippen MR) is 107 cm³/mol. The topological polar surface area (TPSA) is 69.0 Å². The average Bonchev–Trinajstić information content (AvgIpc) is 3.08. The van der Waals surface area contributed by atoms with Crippen molar-refractivity contribution in [1.29, 1.82) is 0 Å². The largest absolute Gasteiger partial charge is 0.486 e. The Labute approximate surface area is 165 Å². The summed E-state index contributed by atoms with van der Waals surface area (Å²) in [5.74, 6) is 2.03. The van der Waals surface area contributed by atoms with E-state index in [4.69, 9.17) is 4.74 Å². The van der Waals surface area contributed by atoms with Crippen molar-refractivity contribution in [3.8, 4) is 5.75 Å². The molecule has 1 N–H and O–H groups in total. The lowest BCUT2D eigenvalue weighted by Crippen LogP contribution is -2.37. The zero-order valence-electron chi connectivity index (χ0n) is 16.1. The van der Waals surface area contributed by atoms with Crippen molar-refractivity contribution in [2.24, 2.45) is 0 Å². The van der Waals surface area contributed by atoms with E-state index in [-0.39, 0.29) is 5.91 Å². The molecule has 2 aromatic rings. The van der Waals surface area contributed by atoms with Crippen molar-refractivity contribution in [3.05, 3.63) is 35.7 Å². The van der Waals surface area contributed by atoms with Gasteiger partial charge in [-0.3, -0.25) is 4.79 Å². The minimum atomic E-state index is 0.0787. The van der Waals surface area contributed by atoms with Crippen LogP contribution in [0.15, 0.2) is 29.4 Å². The summed E-state index contributed by atoms with van der Waals surface area (Å²) >= 11 is 1.43. The van der Waals surface area contributed by atoms with Gasteiger partial charge in [-0.25, -0.2) is 0 Å². The maximum atomic E-state index is 12.2. The SMILES string of the molecule is CCn1c(COc2ccc(C)cc2)nnc1SCC(=O)NC1CCCCC1. The lowest BCUT2D eigenvalue weighted by Gasteiger charge is -2.22. The Bertz CT molecular complexity index is 739. The van der Waals surface area contributed by atoms with E-state index < -0.39 is 0 Å². The van der Waals surface area contributed by atoms with E-state index in [0.29, 0.717) is 18.4 Å². The Morgan fingerprint density at radius 3 is 2.67 bits per heavy atom. The minimum absolute atomic E-state index is 0.0787. The van der Waals surface area contributed by atoms with Gasteiger partial charge < -0.3 is 14.6 Å². The van der Waals surface area contributed by atoms with Crippen LogP contribution in [0.5, 0.6) is 5.75 Å². The fraction of sp³-hybridized carbons (Fsp3) is 0.550. The fourth-order valence-electron chi connectivity index (χ4n) is 3.28. The van der Waals surface area contributed by atoms with E-state index in [0.717, 1.165) is 36.1 Å². The summed E-state index contributed by atoms with van der Waals surface area (Å²) in [5.41, 5.74) is 1.20. The molecule has 1 amide bonds. The molecular formula is C20H28N4O2S. The molecular weight excluding hydrogens is 360 g/mol. The van der Waals surface area contributed by atoms with E-state index in [1.807, 2.05) is 42.7 Å². The number of carbonyl (C=O) groups excluding carboxylic acids is 1. The second-order valence-corrected chi connectivity index (χ2v) is 7.88. The molecule has 0 bridgehead atoms. The Morgan fingerprint density at radius 1 is 1.22 bits per heavy atom. The van der Waals surface area contributed by atoms with E-state index in [2.05, 4.69) is 15.5 Å². The molecule has 0 saturated heterocycles. The lowest BCUT2D eigenvalue weighted by atomic mass is 9.95. The lowest BCUT2D eigenvalue weighted by molar-refractivity contribution is -0.119. The van der Waals surface area contributed by atoms with Gasteiger partial charge >= 0.3 is 0 Å². The molecule has 1 fully saturated rings. The van der Waals surface area contributed by atoms with Gasteiger partial charge in [0.2, 0.25) is 5.91 Å². The highest BCUT2D eigenvalue weighted by atomic mass is 32.2. The monoisotopic (exact) mass is 388 g/mol. The highest BCUT2D eigenvalue weighted by Gasteiger charge is 2.17. The highest BCUT2D eigenvalue weighted by molar-refractivity contribution is 7.99. The summed E-state index contributed by atoms with van der Waals surface area (Å²) in [4.78, 5) is 12.2. The first-order chi connectivity index (χ1) is 13.2. The number of amides is 1. The molecule has 1 aliphatic carbocycles. The zero-order valence-corrected chi connectivity index (χ0v) is 16.9. The fourth-order valence-corrected chi connectivity index (χ4v) is 4.11. The van der Waals surface area contributed by atoms with Crippen LogP contribution in [-0.2, 0) is 17.9 Å². The van der Waals surface area contributed by atoms with Crippen LogP contribution in [0, 0.1) is 6.92 Å². The van der Waals surface area contributed by atoms with Gasteiger partial charge in [-0.2, -0.15) is 0 Å². The summed E-state index contributed by atoms with van der Waals surface area (Å²) in [6.07, 6.45) is 5.91. The highest BCUT2D eigenvalue weighted by Crippen LogP contribution is 2.20. The maximum Gasteiger partial charge on any atom is 0.230 e. The number of nitrogens with zero attached hydrogens (tertiary/aromatic N) is 3. The molecule has 0 radical (unpaired) electrons. The quantitative estimate of drug-likeness (QED) is 0.698. The first-order valence-corrected chi connectivity index (χ1v) is 10.7. The van der Waals surface area contributed by atoms with E-state index in [9.17, 15) is 4.79 Å². The number of hydrogen-bond donors (Lipinski definition) is 1. The zero-order chi connectivity index (χ0) is 19.1. The van der Waals surface area contributed by atoms with Gasteiger partial charge in [0.05, 0.1) is 5.75 Å². The molecule has 7 heteroatoms.